The predicted octanol–water partition coefficient (Wildman–Crippen LogP) is 1.71. The van der Waals surface area contributed by atoms with E-state index in [9.17, 15) is 18.3 Å². The van der Waals surface area contributed by atoms with Gasteiger partial charge in [-0.3, -0.25) is 4.79 Å². The second kappa shape index (κ2) is 7.69. The molecule has 1 aromatic heterocycles. The number of hydrogen-bond acceptors (Lipinski definition) is 5. The maximum Gasteiger partial charge on any atom is 0.225 e. The normalized spacial score (nSPS) is 12.8. The average Bonchev–Trinajstić information content (AvgIpc) is 3.00. The van der Waals surface area contributed by atoms with Crippen molar-refractivity contribution in [1.29, 1.82) is 0 Å². The van der Waals surface area contributed by atoms with E-state index in [0.29, 0.717) is 5.69 Å². The quantitative estimate of drug-likeness (QED) is 0.705. The first-order valence-corrected chi connectivity index (χ1v) is 9.68. The molecule has 0 fully saturated rings. The number of amides is 1. The van der Waals surface area contributed by atoms with Crippen LogP contribution in [0.15, 0.2) is 41.8 Å². The Morgan fingerprint density at radius 3 is 2.52 bits per heavy atom. The van der Waals surface area contributed by atoms with E-state index in [4.69, 9.17) is 0 Å². The molecule has 1 atom stereocenters. The molecule has 1 unspecified atom stereocenters. The molecule has 2 rings (SSSR count). The summed E-state index contributed by atoms with van der Waals surface area (Å²) in [5, 5.41) is 14.8. The van der Waals surface area contributed by atoms with Gasteiger partial charge in [-0.15, -0.1) is 11.3 Å². The van der Waals surface area contributed by atoms with Crippen LogP contribution in [-0.4, -0.2) is 32.2 Å². The number of aliphatic hydroxyl groups is 1. The molecule has 124 valence electrons. The van der Waals surface area contributed by atoms with E-state index in [1.807, 2.05) is 17.5 Å². The molecule has 8 heteroatoms. The van der Waals surface area contributed by atoms with Gasteiger partial charge in [0.05, 0.1) is 6.26 Å². The van der Waals surface area contributed by atoms with Crippen LogP contribution in [0.25, 0.3) is 0 Å². The summed E-state index contributed by atoms with van der Waals surface area (Å²) in [6.45, 7) is 0.0554. The lowest BCUT2D eigenvalue weighted by Gasteiger charge is -2.10. The fourth-order valence-electron chi connectivity index (χ4n) is 1.93. The molecule has 0 aliphatic carbocycles. The summed E-state index contributed by atoms with van der Waals surface area (Å²) in [5.74, 6) is -0.285. The highest BCUT2D eigenvalue weighted by Crippen LogP contribution is 2.26. The first-order chi connectivity index (χ1) is 10.8. The zero-order chi connectivity index (χ0) is 16.9. The van der Waals surface area contributed by atoms with Gasteiger partial charge in [-0.25, -0.2) is 13.1 Å². The van der Waals surface area contributed by atoms with E-state index < -0.39 is 16.1 Å². The smallest absolute Gasteiger partial charge is 0.225 e. The van der Waals surface area contributed by atoms with Gasteiger partial charge in [0.2, 0.25) is 15.9 Å². The van der Waals surface area contributed by atoms with Gasteiger partial charge < -0.3 is 10.4 Å². The number of carbonyl (C=O) groups excluding carboxylic acids is 1. The summed E-state index contributed by atoms with van der Waals surface area (Å²) in [4.78, 5) is 12.6. The van der Waals surface area contributed by atoms with Crippen molar-refractivity contribution in [2.45, 2.75) is 12.5 Å². The summed E-state index contributed by atoms with van der Waals surface area (Å²) >= 11 is 1.48. The minimum atomic E-state index is -3.29. The molecule has 0 saturated carbocycles. The zero-order valence-electron chi connectivity index (χ0n) is 12.5. The lowest BCUT2D eigenvalue weighted by molar-refractivity contribution is -0.116. The molecule has 23 heavy (non-hydrogen) atoms. The van der Waals surface area contributed by atoms with Crippen LogP contribution < -0.4 is 10.0 Å². The SMILES string of the molecule is CS(=O)(=O)NCCC(=O)Nc1ccc(C(O)c2cccs2)cc1. The standard InChI is InChI=1S/C15H18N2O4S2/c1-23(20,21)16-9-8-14(18)17-12-6-4-11(5-7-12)15(19)13-3-2-10-22-13/h2-7,10,15-16,19H,8-9H2,1H3,(H,17,18). The molecule has 6 nitrogen and oxygen atoms in total. The number of nitrogens with one attached hydrogen (secondary N) is 2. The number of anilines is 1. The van der Waals surface area contributed by atoms with Crippen LogP contribution in [0, 0.1) is 0 Å². The third-order valence-electron chi connectivity index (χ3n) is 3.04. The zero-order valence-corrected chi connectivity index (χ0v) is 14.2. The van der Waals surface area contributed by atoms with Crippen LogP contribution in [0.2, 0.25) is 0 Å². The average molecular weight is 354 g/mol. The topological polar surface area (TPSA) is 95.5 Å². The molecule has 3 N–H and O–H groups in total. The highest BCUT2D eigenvalue weighted by Gasteiger charge is 2.11. The number of thiophene rings is 1. The Labute approximate surface area is 139 Å². The van der Waals surface area contributed by atoms with Crippen LogP contribution in [0.4, 0.5) is 5.69 Å². The molecule has 1 amide bonds. The fourth-order valence-corrected chi connectivity index (χ4v) is 3.14. The number of rotatable bonds is 7. The van der Waals surface area contributed by atoms with E-state index in [1.165, 1.54) is 11.3 Å². The lowest BCUT2D eigenvalue weighted by atomic mass is 10.1. The lowest BCUT2D eigenvalue weighted by Crippen LogP contribution is -2.26. The van der Waals surface area contributed by atoms with Crippen molar-refractivity contribution < 1.29 is 18.3 Å². The molecular weight excluding hydrogens is 336 g/mol. The van der Waals surface area contributed by atoms with Crippen LogP contribution in [-0.2, 0) is 14.8 Å². The Balaban J connectivity index is 1.88. The number of sulfonamides is 1. The van der Waals surface area contributed by atoms with E-state index in [1.54, 1.807) is 24.3 Å². The van der Waals surface area contributed by atoms with Gasteiger partial charge in [0.15, 0.2) is 0 Å². The summed E-state index contributed by atoms with van der Waals surface area (Å²) < 4.78 is 24.1. The Kier molecular flexibility index (Phi) is 5.89. The Hall–Kier alpha value is -1.74. The van der Waals surface area contributed by atoms with Crippen LogP contribution >= 0.6 is 11.3 Å². The van der Waals surface area contributed by atoms with E-state index in [0.717, 1.165) is 16.7 Å². The second-order valence-electron chi connectivity index (χ2n) is 5.00. The Morgan fingerprint density at radius 2 is 1.96 bits per heavy atom. The van der Waals surface area contributed by atoms with E-state index in [-0.39, 0.29) is 18.9 Å². The summed E-state index contributed by atoms with van der Waals surface area (Å²) in [7, 11) is -3.29. The molecule has 0 saturated heterocycles. The van der Waals surface area contributed by atoms with Gasteiger partial charge in [-0.2, -0.15) is 0 Å². The number of hydrogen-bond donors (Lipinski definition) is 3. The summed E-state index contributed by atoms with van der Waals surface area (Å²) in [6.07, 6.45) is 0.411. The predicted molar refractivity (Wildman–Crippen MR) is 90.9 cm³/mol. The maximum absolute atomic E-state index is 11.7. The van der Waals surface area contributed by atoms with Crippen LogP contribution in [0.1, 0.15) is 23.0 Å². The van der Waals surface area contributed by atoms with Crippen molar-refractivity contribution in [2.75, 3.05) is 18.1 Å². The third kappa shape index (κ3) is 5.76. The molecule has 1 aromatic carbocycles. The highest BCUT2D eigenvalue weighted by atomic mass is 32.2. The van der Waals surface area contributed by atoms with Crippen molar-refractivity contribution in [1.82, 2.24) is 4.72 Å². The first-order valence-electron chi connectivity index (χ1n) is 6.91. The van der Waals surface area contributed by atoms with E-state index in [2.05, 4.69) is 10.0 Å². The van der Waals surface area contributed by atoms with Gasteiger partial charge >= 0.3 is 0 Å². The van der Waals surface area contributed by atoms with Gasteiger partial charge in [0, 0.05) is 23.5 Å². The summed E-state index contributed by atoms with van der Waals surface area (Å²) in [5.41, 5.74) is 1.33. The van der Waals surface area contributed by atoms with Crippen LogP contribution in [0.5, 0.6) is 0 Å². The number of benzene rings is 1. The van der Waals surface area contributed by atoms with Crippen molar-refractivity contribution in [3.05, 3.63) is 52.2 Å². The van der Waals surface area contributed by atoms with Crippen LogP contribution in [0.3, 0.4) is 0 Å². The van der Waals surface area contributed by atoms with Gasteiger partial charge in [-0.1, -0.05) is 18.2 Å². The number of aliphatic hydroxyl groups excluding tert-OH is 1. The molecule has 0 radical (unpaired) electrons. The molecule has 2 aromatic rings. The monoisotopic (exact) mass is 354 g/mol. The first kappa shape index (κ1) is 17.6. The van der Waals surface area contributed by atoms with Crippen molar-refractivity contribution >= 4 is 33.0 Å². The molecule has 0 spiro atoms. The molecule has 1 heterocycles. The van der Waals surface area contributed by atoms with Gasteiger partial charge in [0.25, 0.3) is 0 Å². The largest absolute Gasteiger partial charge is 0.383 e. The number of carbonyl (C=O) groups is 1. The van der Waals surface area contributed by atoms with E-state index >= 15 is 0 Å². The fraction of sp³-hybridized carbons (Fsp3) is 0.267. The molecule has 0 aliphatic rings. The third-order valence-corrected chi connectivity index (χ3v) is 4.69. The minimum Gasteiger partial charge on any atom is -0.383 e. The minimum absolute atomic E-state index is 0.0483. The van der Waals surface area contributed by atoms with Crippen molar-refractivity contribution in [3.63, 3.8) is 0 Å². The Morgan fingerprint density at radius 1 is 1.26 bits per heavy atom. The van der Waals surface area contributed by atoms with Crippen molar-refractivity contribution in [3.8, 4) is 0 Å². The highest BCUT2D eigenvalue weighted by molar-refractivity contribution is 7.88. The summed E-state index contributed by atoms with van der Waals surface area (Å²) in [6, 6.07) is 10.6. The maximum atomic E-state index is 11.7. The second-order valence-corrected chi connectivity index (χ2v) is 7.82. The molecule has 0 aliphatic heterocycles. The molecule has 0 bridgehead atoms. The van der Waals surface area contributed by atoms with Gasteiger partial charge in [0.1, 0.15) is 6.10 Å². The Bertz CT molecular complexity index is 740. The van der Waals surface area contributed by atoms with Crippen molar-refractivity contribution in [2.24, 2.45) is 0 Å². The van der Waals surface area contributed by atoms with Gasteiger partial charge in [-0.05, 0) is 29.1 Å². The molecular formula is C15H18N2O4S2.